The number of aliphatic hydroxyl groups is 1. The maximum Gasteiger partial charge on any atom is 0.149 e. The zero-order valence-electron chi connectivity index (χ0n) is 14.6. The number of hydrazine groups is 1. The average Bonchev–Trinajstić information content (AvgIpc) is 3.04. The Bertz CT molecular complexity index is 595. The van der Waals surface area contributed by atoms with E-state index in [-0.39, 0.29) is 5.60 Å². The van der Waals surface area contributed by atoms with Crippen LogP contribution in [0.3, 0.4) is 0 Å². The lowest BCUT2D eigenvalue weighted by Crippen LogP contribution is -2.50. The summed E-state index contributed by atoms with van der Waals surface area (Å²) in [5.41, 5.74) is 3.07. The summed E-state index contributed by atoms with van der Waals surface area (Å²) in [6.07, 6.45) is 8.81. The molecular weight excluding hydrogens is 288 g/mol. The highest BCUT2D eigenvalue weighted by Gasteiger charge is 2.62. The van der Waals surface area contributed by atoms with Gasteiger partial charge in [-0.3, -0.25) is 0 Å². The number of methoxy groups -OCH3 is 1. The molecule has 2 saturated carbocycles. The van der Waals surface area contributed by atoms with Gasteiger partial charge in [0.15, 0.2) is 0 Å². The summed E-state index contributed by atoms with van der Waals surface area (Å²) < 4.78 is 5.67. The summed E-state index contributed by atoms with van der Waals surface area (Å²) in [5.74, 6) is 1.78. The third-order valence-electron chi connectivity index (χ3n) is 7.71. The molecule has 0 spiro atoms. The summed E-state index contributed by atoms with van der Waals surface area (Å²) >= 11 is 0. The maximum absolute atomic E-state index is 11.1. The Morgan fingerprint density at radius 3 is 2.65 bits per heavy atom. The molecule has 0 radical (unpaired) electrons. The highest BCUT2D eigenvalue weighted by atomic mass is 16.5. The lowest BCUT2D eigenvalue weighted by Gasteiger charge is -2.41. The van der Waals surface area contributed by atoms with Gasteiger partial charge in [0.05, 0.1) is 11.6 Å². The number of hydrogen-bond donors (Lipinski definition) is 1. The van der Waals surface area contributed by atoms with Gasteiger partial charge in [-0.1, -0.05) is 26.0 Å². The molecule has 1 aliphatic heterocycles. The average molecular weight is 316 g/mol. The molecule has 0 amide bonds. The summed E-state index contributed by atoms with van der Waals surface area (Å²) in [4.78, 5) is 0. The lowest BCUT2D eigenvalue weighted by molar-refractivity contribution is -0.103. The second kappa shape index (κ2) is 4.22. The largest absolute Gasteiger partial charge is 0.374 e. The molecule has 5 rings (SSSR count). The maximum atomic E-state index is 11.1. The molecule has 23 heavy (non-hydrogen) atoms. The Morgan fingerprint density at radius 2 is 2.00 bits per heavy atom. The standard InChI is InChI=1S/C19H28N2O2/c1-18(2)13-5-6-14(18)16-15(13)17(22)21(20(16)3)12-7-8-19(23-4)10-11(19)9-12/h7-8,11-14,17,22H,5-6,9-10H2,1-4H3. The van der Waals surface area contributed by atoms with Crippen molar-refractivity contribution in [3.63, 3.8) is 0 Å². The first kappa shape index (κ1) is 14.5. The van der Waals surface area contributed by atoms with Crippen molar-refractivity contribution >= 4 is 0 Å². The van der Waals surface area contributed by atoms with E-state index in [0.717, 1.165) is 12.8 Å². The molecule has 2 fully saturated rings. The summed E-state index contributed by atoms with van der Waals surface area (Å²) in [5, 5.41) is 15.6. The van der Waals surface area contributed by atoms with Gasteiger partial charge >= 0.3 is 0 Å². The molecule has 1 heterocycles. The number of ether oxygens (including phenoxy) is 1. The first-order chi connectivity index (χ1) is 10.9. The molecule has 5 aliphatic rings. The highest BCUT2D eigenvalue weighted by molar-refractivity contribution is 5.39. The van der Waals surface area contributed by atoms with Gasteiger partial charge in [0.1, 0.15) is 6.23 Å². The fourth-order valence-electron chi connectivity index (χ4n) is 6.28. The fourth-order valence-corrected chi connectivity index (χ4v) is 6.28. The zero-order chi connectivity index (χ0) is 16.1. The Kier molecular flexibility index (Phi) is 2.66. The SMILES string of the molecule is COC12C=CC(N3C(O)C4=C(C5CCC4C5(C)C)N3C)CC1C2. The second-order valence-electron chi connectivity index (χ2n) is 8.84. The Hall–Kier alpha value is -0.840. The van der Waals surface area contributed by atoms with Gasteiger partial charge in [0, 0.05) is 25.8 Å². The van der Waals surface area contributed by atoms with Crippen LogP contribution in [0.25, 0.3) is 0 Å². The van der Waals surface area contributed by atoms with E-state index < -0.39 is 6.23 Å². The minimum absolute atomic E-state index is 0.0108. The molecule has 0 aromatic carbocycles. The van der Waals surface area contributed by atoms with Crippen LogP contribution < -0.4 is 0 Å². The van der Waals surface area contributed by atoms with Crippen LogP contribution in [0, 0.1) is 23.2 Å². The van der Waals surface area contributed by atoms with Crippen LogP contribution in [0.5, 0.6) is 0 Å². The summed E-state index contributed by atoms with van der Waals surface area (Å²) in [6, 6.07) is 0.291. The van der Waals surface area contributed by atoms with Crippen molar-refractivity contribution < 1.29 is 9.84 Å². The predicted molar refractivity (Wildman–Crippen MR) is 88.0 cm³/mol. The fraction of sp³-hybridized carbons (Fsp3) is 0.789. The predicted octanol–water partition coefficient (Wildman–Crippen LogP) is 2.52. The quantitative estimate of drug-likeness (QED) is 0.794. The summed E-state index contributed by atoms with van der Waals surface area (Å²) in [6.45, 7) is 4.77. The first-order valence-corrected chi connectivity index (χ1v) is 9.09. The van der Waals surface area contributed by atoms with Gasteiger partial charge in [0.2, 0.25) is 0 Å². The van der Waals surface area contributed by atoms with E-state index in [1.807, 2.05) is 7.11 Å². The van der Waals surface area contributed by atoms with Gasteiger partial charge in [-0.2, -0.15) is 5.01 Å². The molecule has 6 unspecified atom stereocenters. The van der Waals surface area contributed by atoms with Crippen molar-refractivity contribution in [1.29, 1.82) is 0 Å². The van der Waals surface area contributed by atoms with E-state index in [9.17, 15) is 5.11 Å². The van der Waals surface area contributed by atoms with Crippen molar-refractivity contribution in [2.75, 3.05) is 14.2 Å². The number of nitrogens with zero attached hydrogens (tertiary/aromatic N) is 2. The third kappa shape index (κ3) is 1.58. The van der Waals surface area contributed by atoms with Crippen molar-refractivity contribution in [3.8, 4) is 0 Å². The van der Waals surface area contributed by atoms with E-state index in [2.05, 4.69) is 43.1 Å². The molecule has 0 saturated heterocycles. The first-order valence-electron chi connectivity index (χ1n) is 9.09. The van der Waals surface area contributed by atoms with Crippen LogP contribution >= 0.6 is 0 Å². The molecule has 126 valence electrons. The van der Waals surface area contributed by atoms with E-state index in [1.54, 1.807) is 0 Å². The summed E-state index contributed by atoms with van der Waals surface area (Å²) in [7, 11) is 3.97. The minimum atomic E-state index is -0.437. The van der Waals surface area contributed by atoms with Crippen molar-refractivity contribution in [2.24, 2.45) is 23.2 Å². The van der Waals surface area contributed by atoms with Crippen LogP contribution in [0.4, 0.5) is 0 Å². The van der Waals surface area contributed by atoms with Crippen LogP contribution in [0.15, 0.2) is 23.4 Å². The zero-order valence-corrected chi connectivity index (χ0v) is 14.6. The van der Waals surface area contributed by atoms with E-state index in [4.69, 9.17) is 4.74 Å². The molecule has 1 N–H and O–H groups in total. The number of hydrogen-bond acceptors (Lipinski definition) is 4. The smallest absolute Gasteiger partial charge is 0.149 e. The van der Waals surface area contributed by atoms with Crippen LogP contribution in [0.2, 0.25) is 0 Å². The lowest BCUT2D eigenvalue weighted by atomic mass is 9.78. The topological polar surface area (TPSA) is 35.9 Å². The van der Waals surface area contributed by atoms with Crippen molar-refractivity contribution in [3.05, 3.63) is 23.4 Å². The molecular formula is C19H28N2O2. The Morgan fingerprint density at radius 1 is 1.26 bits per heavy atom. The Labute approximate surface area is 138 Å². The molecule has 4 aliphatic carbocycles. The normalized spacial score (nSPS) is 49.8. The molecule has 4 heteroatoms. The van der Waals surface area contributed by atoms with Crippen LogP contribution in [0.1, 0.15) is 39.5 Å². The van der Waals surface area contributed by atoms with Crippen molar-refractivity contribution in [1.82, 2.24) is 10.0 Å². The highest BCUT2D eigenvalue weighted by Crippen LogP contribution is 2.64. The third-order valence-corrected chi connectivity index (χ3v) is 7.71. The monoisotopic (exact) mass is 316 g/mol. The van der Waals surface area contributed by atoms with Gasteiger partial charge in [-0.05, 0) is 48.5 Å². The van der Waals surface area contributed by atoms with Gasteiger partial charge in [-0.15, -0.1) is 0 Å². The molecule has 0 aromatic rings. The molecule has 0 aromatic heterocycles. The van der Waals surface area contributed by atoms with Gasteiger partial charge in [-0.25, -0.2) is 0 Å². The number of aliphatic hydroxyl groups excluding tert-OH is 1. The molecule has 6 atom stereocenters. The van der Waals surface area contributed by atoms with E-state index >= 15 is 0 Å². The second-order valence-corrected chi connectivity index (χ2v) is 8.84. The Balaban J connectivity index is 1.44. The van der Waals surface area contributed by atoms with E-state index in [1.165, 1.54) is 24.1 Å². The molecule has 4 nitrogen and oxygen atoms in total. The molecule has 2 bridgehead atoms. The number of fused-ring (bicyclic) bond motifs is 5. The van der Waals surface area contributed by atoms with Crippen LogP contribution in [-0.4, -0.2) is 47.2 Å². The van der Waals surface area contributed by atoms with E-state index in [0.29, 0.717) is 29.2 Å². The minimum Gasteiger partial charge on any atom is -0.374 e. The van der Waals surface area contributed by atoms with Gasteiger partial charge in [0.25, 0.3) is 0 Å². The number of rotatable bonds is 2. The van der Waals surface area contributed by atoms with Crippen molar-refractivity contribution in [2.45, 2.75) is 57.4 Å². The van der Waals surface area contributed by atoms with Crippen LogP contribution in [-0.2, 0) is 4.74 Å². The number of allylic oxidation sites excluding steroid dienone is 1. The van der Waals surface area contributed by atoms with Gasteiger partial charge < -0.3 is 14.9 Å².